The van der Waals surface area contributed by atoms with Gasteiger partial charge in [-0.15, -0.1) is 0 Å². The van der Waals surface area contributed by atoms with Crippen molar-refractivity contribution in [3.63, 3.8) is 0 Å². The maximum absolute atomic E-state index is 11.9. The van der Waals surface area contributed by atoms with E-state index in [1.54, 1.807) is 24.4 Å². The first-order chi connectivity index (χ1) is 11.1. The summed E-state index contributed by atoms with van der Waals surface area (Å²) in [5.74, 6) is -0.124. The highest BCUT2D eigenvalue weighted by Gasteiger charge is 2.17. The molecule has 0 bridgehead atoms. The molecule has 0 aliphatic rings. The van der Waals surface area contributed by atoms with Gasteiger partial charge in [0.25, 0.3) is 5.56 Å². The highest BCUT2D eigenvalue weighted by Crippen LogP contribution is 2.26. The van der Waals surface area contributed by atoms with Crippen LogP contribution in [0.1, 0.15) is 25.6 Å². The van der Waals surface area contributed by atoms with Crippen molar-refractivity contribution in [2.75, 3.05) is 0 Å². The molecule has 0 aromatic carbocycles. The third-order valence-electron chi connectivity index (χ3n) is 2.91. The van der Waals surface area contributed by atoms with E-state index in [2.05, 4.69) is 21.9 Å². The fraction of sp³-hybridized carbons (Fsp3) is 0.176. The first kappa shape index (κ1) is 18.2. The molecule has 2 heterocycles. The van der Waals surface area contributed by atoms with Crippen molar-refractivity contribution >= 4 is 10.9 Å². The highest BCUT2D eigenvalue weighted by molar-refractivity contribution is 5.84. The summed E-state index contributed by atoms with van der Waals surface area (Å²) in [7, 11) is 0. The van der Waals surface area contributed by atoms with Crippen molar-refractivity contribution in [2.24, 2.45) is 5.73 Å². The Morgan fingerprint density at radius 1 is 1.43 bits per heavy atom. The molecule has 0 aliphatic carbocycles. The molecule has 6 nitrogen and oxygen atoms in total. The van der Waals surface area contributed by atoms with Gasteiger partial charge in [0.05, 0.1) is 17.3 Å². The Morgan fingerprint density at radius 2 is 2.17 bits per heavy atom. The summed E-state index contributed by atoms with van der Waals surface area (Å²) in [5, 5.41) is 13.4. The Labute approximate surface area is 135 Å². The molecule has 2 aromatic heterocycles. The molecule has 23 heavy (non-hydrogen) atoms. The Kier molecular flexibility index (Phi) is 7.29. The predicted molar refractivity (Wildman–Crippen MR) is 93.9 cm³/mol. The molecule has 0 aliphatic heterocycles. The maximum atomic E-state index is 11.9. The molecule has 5 N–H and O–H groups in total. The lowest BCUT2D eigenvalue weighted by Crippen LogP contribution is -2.30. The first-order valence-corrected chi connectivity index (χ1v) is 7.12. The molecular weight excluding hydrogens is 292 g/mol. The van der Waals surface area contributed by atoms with Crippen LogP contribution in [0.25, 0.3) is 10.9 Å². The van der Waals surface area contributed by atoms with E-state index < -0.39 is 11.7 Å². The SMILES string of the molecule is C/C=C/NC(N)c1c(O)c2ccncc2[nH]c1=O.C=C/C=C\C. The van der Waals surface area contributed by atoms with Gasteiger partial charge in [0.1, 0.15) is 11.9 Å². The zero-order valence-corrected chi connectivity index (χ0v) is 13.3. The second-order valence-corrected chi connectivity index (χ2v) is 4.54. The zero-order chi connectivity index (χ0) is 17.2. The molecular formula is C17H22N4O2. The van der Waals surface area contributed by atoms with Gasteiger partial charge in [-0.2, -0.15) is 0 Å². The van der Waals surface area contributed by atoms with Gasteiger partial charge in [-0.1, -0.05) is 30.9 Å². The summed E-state index contributed by atoms with van der Waals surface area (Å²) >= 11 is 0. The number of fused-ring (bicyclic) bond motifs is 1. The van der Waals surface area contributed by atoms with E-state index in [-0.39, 0.29) is 11.3 Å². The van der Waals surface area contributed by atoms with Crippen LogP contribution in [-0.2, 0) is 0 Å². The van der Waals surface area contributed by atoms with E-state index in [0.717, 1.165) is 0 Å². The number of nitrogens with one attached hydrogen (secondary N) is 2. The van der Waals surface area contributed by atoms with E-state index in [4.69, 9.17) is 5.73 Å². The molecule has 2 aromatic rings. The number of nitrogens with two attached hydrogens (primary N) is 1. The summed E-state index contributed by atoms with van der Waals surface area (Å²) < 4.78 is 0. The van der Waals surface area contributed by atoms with Crippen LogP contribution in [0.2, 0.25) is 0 Å². The summed E-state index contributed by atoms with van der Waals surface area (Å²) in [4.78, 5) is 18.4. The summed E-state index contributed by atoms with van der Waals surface area (Å²) in [5.41, 5.74) is 5.96. The van der Waals surface area contributed by atoms with E-state index in [1.165, 1.54) is 12.4 Å². The topological polar surface area (TPSA) is 104 Å². The van der Waals surface area contributed by atoms with E-state index in [9.17, 15) is 9.90 Å². The second kappa shape index (κ2) is 9.22. The fourth-order valence-corrected chi connectivity index (χ4v) is 1.85. The monoisotopic (exact) mass is 314 g/mol. The van der Waals surface area contributed by atoms with Gasteiger partial charge in [0.15, 0.2) is 0 Å². The van der Waals surface area contributed by atoms with Crippen LogP contribution in [-0.4, -0.2) is 15.1 Å². The number of pyridine rings is 2. The van der Waals surface area contributed by atoms with Crippen molar-refractivity contribution in [2.45, 2.75) is 20.0 Å². The minimum Gasteiger partial charge on any atom is -0.507 e. The van der Waals surface area contributed by atoms with E-state index >= 15 is 0 Å². The number of allylic oxidation sites excluding steroid dienone is 4. The lowest BCUT2D eigenvalue weighted by atomic mass is 10.1. The van der Waals surface area contributed by atoms with Gasteiger partial charge in [0.2, 0.25) is 0 Å². The first-order valence-electron chi connectivity index (χ1n) is 7.12. The smallest absolute Gasteiger partial charge is 0.258 e. The van der Waals surface area contributed by atoms with Crippen LogP contribution >= 0.6 is 0 Å². The quantitative estimate of drug-likeness (QED) is 0.512. The van der Waals surface area contributed by atoms with Crippen LogP contribution in [0.4, 0.5) is 0 Å². The molecule has 0 saturated carbocycles. The molecule has 2 rings (SSSR count). The normalized spacial score (nSPS) is 12.1. The Balaban J connectivity index is 0.000000463. The minimum absolute atomic E-state index is 0.104. The molecule has 0 saturated heterocycles. The average Bonchev–Trinajstić information content (AvgIpc) is 2.54. The lowest BCUT2D eigenvalue weighted by Gasteiger charge is -2.14. The van der Waals surface area contributed by atoms with Crippen molar-refractivity contribution in [1.82, 2.24) is 15.3 Å². The van der Waals surface area contributed by atoms with Crippen LogP contribution in [0.15, 0.2) is 60.3 Å². The number of nitrogens with zero attached hydrogens (tertiary/aromatic N) is 1. The molecule has 0 radical (unpaired) electrons. The van der Waals surface area contributed by atoms with Crippen molar-refractivity contribution < 1.29 is 5.11 Å². The summed E-state index contributed by atoms with van der Waals surface area (Å²) in [6.07, 6.45) is 11.2. The standard InChI is InChI=1S/C12H14N4O2.C5H8/c1-2-4-15-11(13)9-10(17)7-3-5-14-6-8(7)16-12(9)18;1-3-5-4-2/h2-6,11,15H,13H2,1H3,(H2,16,17,18);3-5H,1H2,2H3/b4-2+;5-4-. The largest absolute Gasteiger partial charge is 0.507 e. The van der Waals surface area contributed by atoms with Crippen LogP contribution in [0.5, 0.6) is 5.75 Å². The molecule has 6 heteroatoms. The van der Waals surface area contributed by atoms with Gasteiger partial charge in [-0.05, 0) is 26.1 Å². The number of aromatic hydroxyl groups is 1. The average molecular weight is 314 g/mol. The lowest BCUT2D eigenvalue weighted by molar-refractivity contribution is 0.461. The molecule has 1 atom stereocenters. The molecule has 0 fully saturated rings. The van der Waals surface area contributed by atoms with Crippen molar-refractivity contribution in [3.05, 3.63) is 71.5 Å². The van der Waals surface area contributed by atoms with Gasteiger partial charge in [-0.25, -0.2) is 0 Å². The Hall–Kier alpha value is -2.86. The predicted octanol–water partition coefficient (Wildman–Crippen LogP) is 2.46. The zero-order valence-electron chi connectivity index (χ0n) is 13.3. The van der Waals surface area contributed by atoms with Gasteiger partial charge in [-0.3, -0.25) is 9.78 Å². The number of aromatic amines is 1. The third-order valence-corrected chi connectivity index (χ3v) is 2.91. The molecule has 0 spiro atoms. The Morgan fingerprint density at radius 3 is 2.74 bits per heavy atom. The number of rotatable bonds is 4. The summed E-state index contributed by atoms with van der Waals surface area (Å²) in [6, 6.07) is 1.62. The van der Waals surface area contributed by atoms with E-state index in [0.29, 0.717) is 10.9 Å². The third kappa shape index (κ3) is 4.82. The van der Waals surface area contributed by atoms with Gasteiger partial charge >= 0.3 is 0 Å². The van der Waals surface area contributed by atoms with Crippen LogP contribution < -0.4 is 16.6 Å². The molecule has 0 amide bonds. The summed E-state index contributed by atoms with van der Waals surface area (Å²) in [6.45, 7) is 7.24. The second-order valence-electron chi connectivity index (χ2n) is 4.54. The fourth-order valence-electron chi connectivity index (χ4n) is 1.85. The Bertz CT molecular complexity index is 763. The minimum atomic E-state index is -0.775. The van der Waals surface area contributed by atoms with Crippen molar-refractivity contribution in [1.29, 1.82) is 0 Å². The van der Waals surface area contributed by atoms with Crippen molar-refractivity contribution in [3.8, 4) is 5.75 Å². The van der Waals surface area contributed by atoms with Gasteiger partial charge < -0.3 is 21.1 Å². The number of aromatic nitrogens is 2. The van der Waals surface area contributed by atoms with Crippen LogP contribution in [0, 0.1) is 0 Å². The molecule has 1 unspecified atom stereocenters. The van der Waals surface area contributed by atoms with Gasteiger partial charge in [0, 0.05) is 11.6 Å². The number of H-pyrrole nitrogens is 1. The van der Waals surface area contributed by atoms with Crippen LogP contribution in [0.3, 0.4) is 0 Å². The maximum Gasteiger partial charge on any atom is 0.258 e. The molecule has 122 valence electrons. The number of hydrogen-bond donors (Lipinski definition) is 4. The van der Waals surface area contributed by atoms with E-state index in [1.807, 2.05) is 26.0 Å². The number of hydrogen-bond acceptors (Lipinski definition) is 5. The highest BCUT2D eigenvalue weighted by atomic mass is 16.3.